The summed E-state index contributed by atoms with van der Waals surface area (Å²) in [4.78, 5) is 68.7. The Hall–Kier alpha value is -3.89. The smallest absolute Gasteiger partial charge is 0.268 e. The Morgan fingerprint density at radius 2 is 1.86 bits per heavy atom. The maximum atomic E-state index is 13.6. The van der Waals surface area contributed by atoms with Crippen LogP contribution in [0.1, 0.15) is 81.6 Å². The number of amides is 4. The molecule has 3 atom stereocenters. The number of nitrogens with zero attached hydrogens (tertiary/aromatic N) is 1. The molecule has 1 aliphatic carbocycles. The number of hydrogen-bond donors (Lipinski definition) is 4. The molecule has 1 aromatic carbocycles. The first-order chi connectivity index (χ1) is 20.7. The van der Waals surface area contributed by atoms with E-state index in [2.05, 4.69) is 20.9 Å². The molecule has 0 radical (unpaired) electrons. The third kappa shape index (κ3) is 7.02. The summed E-state index contributed by atoms with van der Waals surface area (Å²) in [6, 6.07) is 5.52. The highest BCUT2D eigenvalue weighted by Gasteiger charge is 2.46. The Labute approximate surface area is 251 Å². The van der Waals surface area contributed by atoms with E-state index in [-0.39, 0.29) is 23.8 Å². The number of aromatic nitrogens is 1. The van der Waals surface area contributed by atoms with Gasteiger partial charge in [-0.05, 0) is 56.2 Å². The van der Waals surface area contributed by atoms with Gasteiger partial charge in [0, 0.05) is 42.4 Å². The zero-order valence-corrected chi connectivity index (χ0v) is 25.1. The van der Waals surface area contributed by atoms with Crippen molar-refractivity contribution in [2.75, 3.05) is 20.2 Å². The number of methoxy groups -OCH3 is 1. The molecule has 2 saturated heterocycles. The van der Waals surface area contributed by atoms with Crippen molar-refractivity contribution in [1.82, 2.24) is 25.8 Å². The largest absolute Gasteiger partial charge is 0.496 e. The van der Waals surface area contributed by atoms with E-state index in [0.29, 0.717) is 62.4 Å². The lowest BCUT2D eigenvalue weighted by molar-refractivity contribution is -0.130. The maximum Gasteiger partial charge on any atom is 0.268 e. The van der Waals surface area contributed by atoms with E-state index < -0.39 is 29.8 Å². The van der Waals surface area contributed by atoms with Crippen molar-refractivity contribution in [2.45, 2.75) is 88.8 Å². The number of carbonyl (C=O) groups is 5. The van der Waals surface area contributed by atoms with Gasteiger partial charge in [-0.3, -0.25) is 19.2 Å². The summed E-state index contributed by atoms with van der Waals surface area (Å²) in [5.74, 6) is -0.424. The van der Waals surface area contributed by atoms with Crippen molar-refractivity contribution >= 4 is 40.8 Å². The number of H-pyrrole nitrogens is 1. The number of aldehydes is 1. The fourth-order valence-electron chi connectivity index (χ4n) is 7.14. The van der Waals surface area contributed by atoms with Gasteiger partial charge in [0.2, 0.25) is 17.7 Å². The van der Waals surface area contributed by atoms with Crippen molar-refractivity contribution in [1.29, 1.82) is 0 Å². The first kappa shape index (κ1) is 30.6. The van der Waals surface area contributed by atoms with Gasteiger partial charge in [-0.15, -0.1) is 0 Å². The minimum Gasteiger partial charge on any atom is -0.496 e. The Morgan fingerprint density at radius 1 is 1.12 bits per heavy atom. The molecule has 4 amide bonds. The Morgan fingerprint density at radius 3 is 2.53 bits per heavy atom. The maximum absolute atomic E-state index is 13.6. The predicted molar refractivity (Wildman–Crippen MR) is 160 cm³/mol. The van der Waals surface area contributed by atoms with Crippen LogP contribution in [0.4, 0.5) is 0 Å². The van der Waals surface area contributed by atoms with Crippen LogP contribution >= 0.6 is 0 Å². The summed E-state index contributed by atoms with van der Waals surface area (Å²) in [6.45, 7) is 2.72. The number of ether oxygens (including phenoxy) is 1. The molecule has 232 valence electrons. The van der Waals surface area contributed by atoms with Crippen LogP contribution in [0.2, 0.25) is 0 Å². The molecule has 43 heavy (non-hydrogen) atoms. The molecular formula is C32H43N5O6. The topological polar surface area (TPSA) is 150 Å². The SMILES string of the molecule is COc1cccc2[nH]c(C(=O)N[C@@H](CC3CCCCC3)C(=O)NC(C=O)CC3CC4(CCN(C(C)=O)CC4)NC3=O)cc12. The van der Waals surface area contributed by atoms with Crippen molar-refractivity contribution in [3.63, 3.8) is 0 Å². The molecule has 1 spiro atoms. The van der Waals surface area contributed by atoms with Gasteiger partial charge >= 0.3 is 0 Å². The van der Waals surface area contributed by atoms with Crippen LogP contribution in [0.25, 0.3) is 10.9 Å². The second kappa shape index (κ2) is 13.2. The fraction of sp³-hybridized carbons (Fsp3) is 0.594. The molecule has 2 unspecified atom stereocenters. The highest BCUT2D eigenvalue weighted by Crippen LogP contribution is 2.36. The minimum absolute atomic E-state index is 0.0265. The van der Waals surface area contributed by atoms with Gasteiger partial charge in [-0.25, -0.2) is 0 Å². The second-order valence-electron chi connectivity index (χ2n) is 12.5. The molecule has 11 nitrogen and oxygen atoms in total. The Kier molecular flexibility index (Phi) is 9.37. The van der Waals surface area contributed by atoms with Gasteiger partial charge in [-0.2, -0.15) is 0 Å². The van der Waals surface area contributed by atoms with Crippen LogP contribution in [0.5, 0.6) is 5.75 Å². The lowest BCUT2D eigenvalue weighted by Crippen LogP contribution is -2.51. The van der Waals surface area contributed by atoms with E-state index >= 15 is 0 Å². The van der Waals surface area contributed by atoms with Crippen molar-refractivity contribution in [3.05, 3.63) is 30.0 Å². The number of carbonyl (C=O) groups excluding carboxylic acids is 5. The summed E-state index contributed by atoms with van der Waals surface area (Å²) in [5, 5.41) is 9.65. The lowest BCUT2D eigenvalue weighted by Gasteiger charge is -2.39. The summed E-state index contributed by atoms with van der Waals surface area (Å²) in [6.07, 6.45) is 8.57. The number of likely N-dealkylation sites (tertiary alicyclic amines) is 1. The summed E-state index contributed by atoms with van der Waals surface area (Å²) in [7, 11) is 1.57. The monoisotopic (exact) mass is 593 g/mol. The molecule has 1 aromatic heterocycles. The zero-order valence-electron chi connectivity index (χ0n) is 25.1. The molecule has 2 aliphatic heterocycles. The molecule has 3 aliphatic rings. The number of fused-ring (bicyclic) bond motifs is 1. The molecule has 1 saturated carbocycles. The molecule has 4 N–H and O–H groups in total. The average Bonchev–Trinajstić information content (AvgIpc) is 3.57. The van der Waals surface area contributed by atoms with Crippen LogP contribution < -0.4 is 20.7 Å². The van der Waals surface area contributed by atoms with Gasteiger partial charge in [0.05, 0.1) is 13.2 Å². The van der Waals surface area contributed by atoms with Crippen molar-refractivity contribution in [3.8, 4) is 5.75 Å². The molecule has 3 fully saturated rings. The van der Waals surface area contributed by atoms with Crippen LogP contribution in [0.15, 0.2) is 24.3 Å². The summed E-state index contributed by atoms with van der Waals surface area (Å²) in [5.41, 5.74) is 0.681. The second-order valence-corrected chi connectivity index (χ2v) is 12.5. The van der Waals surface area contributed by atoms with E-state index in [1.807, 2.05) is 18.2 Å². The van der Waals surface area contributed by atoms with Crippen molar-refractivity contribution < 1.29 is 28.7 Å². The molecular weight excluding hydrogens is 550 g/mol. The van der Waals surface area contributed by atoms with Gasteiger partial charge in [0.25, 0.3) is 5.91 Å². The van der Waals surface area contributed by atoms with Crippen LogP contribution in [-0.4, -0.2) is 77.6 Å². The van der Waals surface area contributed by atoms with Gasteiger partial charge < -0.3 is 35.4 Å². The quantitative estimate of drug-likeness (QED) is 0.311. The first-order valence-corrected chi connectivity index (χ1v) is 15.5. The highest BCUT2D eigenvalue weighted by molar-refractivity contribution is 6.01. The Bertz CT molecular complexity index is 1360. The molecule has 0 bridgehead atoms. The number of benzene rings is 1. The first-order valence-electron chi connectivity index (χ1n) is 15.5. The molecule has 2 aromatic rings. The Balaban J connectivity index is 1.25. The number of aromatic amines is 1. The van der Waals surface area contributed by atoms with Gasteiger partial charge in [-0.1, -0.05) is 38.2 Å². The molecule has 11 heteroatoms. The summed E-state index contributed by atoms with van der Waals surface area (Å²) >= 11 is 0. The van der Waals surface area contributed by atoms with E-state index in [9.17, 15) is 24.0 Å². The highest BCUT2D eigenvalue weighted by atomic mass is 16.5. The number of piperidine rings is 1. The third-order valence-electron chi connectivity index (χ3n) is 9.60. The third-order valence-corrected chi connectivity index (χ3v) is 9.60. The number of nitrogens with one attached hydrogen (secondary N) is 4. The number of rotatable bonds is 10. The molecule has 3 heterocycles. The number of hydrogen-bond acceptors (Lipinski definition) is 6. The van der Waals surface area contributed by atoms with E-state index in [4.69, 9.17) is 4.74 Å². The standard InChI is InChI=1S/C32H43N5O6/c1-20(39)37-13-11-32(12-14-37)18-22(29(40)36-32)16-23(19-38)33-30(41)26(15-21-7-4-3-5-8-21)35-31(42)27-17-24-25(34-27)9-6-10-28(24)43-2/h6,9-10,17,19,21-23,26,34H,3-5,7-8,11-16,18H2,1-2H3,(H,33,41)(H,35,42)(H,36,40)/t22?,23?,26-/m0/s1. The van der Waals surface area contributed by atoms with E-state index in [1.165, 1.54) is 6.42 Å². The molecule has 5 rings (SSSR count). The average molecular weight is 594 g/mol. The summed E-state index contributed by atoms with van der Waals surface area (Å²) < 4.78 is 5.42. The van der Waals surface area contributed by atoms with Gasteiger partial charge in [0.1, 0.15) is 23.8 Å². The van der Waals surface area contributed by atoms with E-state index in [1.54, 1.807) is 25.0 Å². The van der Waals surface area contributed by atoms with Crippen LogP contribution in [-0.2, 0) is 19.2 Å². The van der Waals surface area contributed by atoms with Crippen LogP contribution in [0.3, 0.4) is 0 Å². The predicted octanol–water partition coefficient (Wildman–Crippen LogP) is 2.84. The van der Waals surface area contributed by atoms with Gasteiger partial charge in [0.15, 0.2) is 0 Å². The minimum atomic E-state index is -0.862. The fourth-order valence-corrected chi connectivity index (χ4v) is 7.14. The normalized spacial score (nSPS) is 21.7. The van der Waals surface area contributed by atoms with E-state index in [0.717, 1.165) is 36.6 Å². The zero-order chi connectivity index (χ0) is 30.6. The van der Waals surface area contributed by atoms with Crippen LogP contribution in [0, 0.1) is 11.8 Å². The lowest BCUT2D eigenvalue weighted by atomic mass is 9.82. The van der Waals surface area contributed by atoms with Crippen molar-refractivity contribution in [2.24, 2.45) is 11.8 Å².